The van der Waals surface area contributed by atoms with E-state index in [1.165, 1.54) is 19.3 Å². The van der Waals surface area contributed by atoms with Crippen LogP contribution in [0.3, 0.4) is 0 Å². The SMILES string of the molecule is C=C(c1csc(C2=c3cc[nH]c3=NCC=C2)n1)N1CCCCC1C.CC. The molecule has 4 rings (SSSR count). The highest BCUT2D eigenvalue weighted by Gasteiger charge is 2.22. The van der Waals surface area contributed by atoms with Crippen molar-refractivity contribution in [2.75, 3.05) is 13.1 Å². The topological polar surface area (TPSA) is 44.3 Å². The number of nitrogens with zero attached hydrogens (tertiary/aromatic N) is 3. The number of rotatable bonds is 3. The summed E-state index contributed by atoms with van der Waals surface area (Å²) in [7, 11) is 0. The fourth-order valence-electron chi connectivity index (χ4n) is 3.48. The van der Waals surface area contributed by atoms with Gasteiger partial charge in [0.15, 0.2) is 0 Å². The second kappa shape index (κ2) is 8.49. The first-order valence-electron chi connectivity index (χ1n) is 9.54. The zero-order valence-electron chi connectivity index (χ0n) is 16.0. The van der Waals surface area contributed by atoms with Crippen molar-refractivity contribution in [1.82, 2.24) is 14.9 Å². The number of aromatic nitrogens is 2. The number of hydrogen-bond acceptors (Lipinski definition) is 4. The number of nitrogens with one attached hydrogen (secondary N) is 1. The van der Waals surface area contributed by atoms with E-state index in [0.717, 1.165) is 39.2 Å². The van der Waals surface area contributed by atoms with Crippen molar-refractivity contribution in [3.63, 3.8) is 0 Å². The third kappa shape index (κ3) is 3.68. The first-order valence-corrected chi connectivity index (χ1v) is 10.4. The monoisotopic (exact) mass is 368 g/mol. The molecule has 0 bridgehead atoms. The van der Waals surface area contributed by atoms with E-state index in [0.29, 0.717) is 12.6 Å². The first kappa shape index (κ1) is 18.6. The number of allylic oxidation sites excluding steroid dienone is 1. The Kier molecular flexibility index (Phi) is 6.09. The van der Waals surface area contributed by atoms with Gasteiger partial charge in [-0.1, -0.05) is 32.6 Å². The van der Waals surface area contributed by atoms with Crippen molar-refractivity contribution in [3.05, 3.63) is 57.8 Å². The minimum absolute atomic E-state index is 0.553. The molecule has 138 valence electrons. The van der Waals surface area contributed by atoms with Crippen LogP contribution in [0.2, 0.25) is 0 Å². The lowest BCUT2D eigenvalue weighted by Crippen LogP contribution is -2.35. The number of H-pyrrole nitrogens is 1. The van der Waals surface area contributed by atoms with Crippen LogP contribution in [0.4, 0.5) is 0 Å². The molecule has 4 heterocycles. The summed E-state index contributed by atoms with van der Waals surface area (Å²) < 4.78 is 0. The van der Waals surface area contributed by atoms with Gasteiger partial charge in [-0.25, -0.2) is 4.98 Å². The molecule has 2 aliphatic heterocycles. The van der Waals surface area contributed by atoms with Crippen LogP contribution in [0.25, 0.3) is 11.3 Å². The zero-order chi connectivity index (χ0) is 18.5. The quantitative estimate of drug-likeness (QED) is 0.897. The molecule has 1 saturated heterocycles. The Morgan fingerprint density at radius 3 is 3.00 bits per heavy atom. The summed E-state index contributed by atoms with van der Waals surface area (Å²) in [5.41, 5.74) is 4.14. The third-order valence-corrected chi connectivity index (χ3v) is 5.71. The molecule has 0 radical (unpaired) electrons. The Labute approximate surface area is 159 Å². The van der Waals surface area contributed by atoms with E-state index < -0.39 is 0 Å². The molecule has 0 aliphatic carbocycles. The highest BCUT2D eigenvalue weighted by atomic mass is 32.1. The maximum atomic E-state index is 4.90. The van der Waals surface area contributed by atoms with E-state index in [1.54, 1.807) is 11.3 Å². The summed E-state index contributed by atoms with van der Waals surface area (Å²) >= 11 is 1.68. The van der Waals surface area contributed by atoms with Gasteiger partial charge < -0.3 is 9.88 Å². The van der Waals surface area contributed by atoms with Crippen molar-refractivity contribution in [2.45, 2.75) is 46.1 Å². The lowest BCUT2D eigenvalue weighted by molar-refractivity contribution is 0.244. The summed E-state index contributed by atoms with van der Waals surface area (Å²) in [6.45, 7) is 12.4. The van der Waals surface area contributed by atoms with Crippen molar-refractivity contribution in [3.8, 4) is 0 Å². The average molecular weight is 369 g/mol. The van der Waals surface area contributed by atoms with E-state index in [4.69, 9.17) is 4.98 Å². The number of piperidine rings is 1. The van der Waals surface area contributed by atoms with Gasteiger partial charge in [-0.3, -0.25) is 4.99 Å². The van der Waals surface area contributed by atoms with Gasteiger partial charge in [0.1, 0.15) is 10.5 Å². The number of hydrogen-bond donors (Lipinski definition) is 1. The van der Waals surface area contributed by atoms with Gasteiger partial charge in [0.2, 0.25) is 0 Å². The van der Waals surface area contributed by atoms with Crippen LogP contribution in [-0.4, -0.2) is 34.0 Å². The highest BCUT2D eigenvalue weighted by molar-refractivity contribution is 7.11. The highest BCUT2D eigenvalue weighted by Crippen LogP contribution is 2.28. The lowest BCUT2D eigenvalue weighted by atomic mass is 10.0. The molecule has 2 aliphatic rings. The van der Waals surface area contributed by atoms with Gasteiger partial charge in [0, 0.05) is 35.0 Å². The largest absolute Gasteiger partial charge is 0.368 e. The second-order valence-corrected chi connectivity index (χ2v) is 7.28. The van der Waals surface area contributed by atoms with E-state index in [1.807, 2.05) is 20.0 Å². The second-order valence-electron chi connectivity index (χ2n) is 6.42. The molecule has 0 spiro atoms. The minimum atomic E-state index is 0.553. The van der Waals surface area contributed by atoms with Crippen molar-refractivity contribution < 1.29 is 0 Å². The number of aromatic amines is 1. The summed E-state index contributed by atoms with van der Waals surface area (Å²) in [4.78, 5) is 15.1. The first-order chi connectivity index (χ1) is 12.7. The third-order valence-electron chi connectivity index (χ3n) is 4.83. The summed E-state index contributed by atoms with van der Waals surface area (Å²) in [6.07, 6.45) is 9.97. The molecule has 0 aromatic carbocycles. The average Bonchev–Trinajstić information content (AvgIpc) is 3.30. The lowest BCUT2D eigenvalue weighted by Gasteiger charge is -2.36. The van der Waals surface area contributed by atoms with Crippen LogP contribution >= 0.6 is 11.3 Å². The predicted octanol–water partition coefficient (Wildman–Crippen LogP) is 3.73. The van der Waals surface area contributed by atoms with Gasteiger partial charge in [-0.05, 0) is 32.3 Å². The van der Waals surface area contributed by atoms with Crippen molar-refractivity contribution in [2.24, 2.45) is 4.99 Å². The predicted molar refractivity (Wildman–Crippen MR) is 111 cm³/mol. The van der Waals surface area contributed by atoms with Crippen molar-refractivity contribution in [1.29, 1.82) is 0 Å². The molecular weight excluding hydrogens is 340 g/mol. The molecule has 1 atom stereocenters. The van der Waals surface area contributed by atoms with Crippen molar-refractivity contribution >= 4 is 22.6 Å². The van der Waals surface area contributed by atoms with Crippen LogP contribution in [0.5, 0.6) is 0 Å². The van der Waals surface area contributed by atoms with Gasteiger partial charge in [-0.15, -0.1) is 11.3 Å². The molecule has 5 heteroatoms. The van der Waals surface area contributed by atoms with Gasteiger partial charge in [0.05, 0.1) is 17.9 Å². The Bertz CT molecular complexity index is 903. The molecule has 1 fully saturated rings. The Morgan fingerprint density at radius 2 is 2.19 bits per heavy atom. The Morgan fingerprint density at radius 1 is 1.35 bits per heavy atom. The number of thiazole rings is 1. The molecule has 2 aromatic heterocycles. The van der Waals surface area contributed by atoms with Crippen LogP contribution < -0.4 is 10.7 Å². The minimum Gasteiger partial charge on any atom is -0.368 e. The summed E-state index contributed by atoms with van der Waals surface area (Å²) in [5, 5.41) is 4.29. The van der Waals surface area contributed by atoms with E-state index in [-0.39, 0.29) is 0 Å². The molecule has 26 heavy (non-hydrogen) atoms. The fraction of sp³-hybridized carbons (Fsp3) is 0.429. The number of fused-ring (bicyclic) bond motifs is 1. The fourth-order valence-corrected chi connectivity index (χ4v) is 4.34. The molecule has 1 N–H and O–H groups in total. The smallest absolute Gasteiger partial charge is 0.133 e. The zero-order valence-corrected chi connectivity index (χ0v) is 16.8. The molecule has 4 nitrogen and oxygen atoms in total. The van der Waals surface area contributed by atoms with E-state index in [9.17, 15) is 0 Å². The van der Waals surface area contributed by atoms with Crippen LogP contribution in [0.15, 0.2) is 41.4 Å². The standard InChI is InChI=1S/C19H22N4S.C2H6/c1-13-6-3-4-11-23(13)14(2)17-12-24-19(22-17)16-7-5-9-20-18-15(16)8-10-21-18;1-2/h5,7-8,10,12-13H,2-4,6,9,11H2,1H3,(H,20,21);1-2H3. The normalized spacial score (nSPS) is 19.1. The van der Waals surface area contributed by atoms with Gasteiger partial charge in [-0.2, -0.15) is 0 Å². The van der Waals surface area contributed by atoms with Gasteiger partial charge >= 0.3 is 0 Å². The van der Waals surface area contributed by atoms with E-state index in [2.05, 4.69) is 52.0 Å². The van der Waals surface area contributed by atoms with Crippen LogP contribution in [0, 0.1) is 0 Å². The molecular formula is C21H28N4S. The van der Waals surface area contributed by atoms with Gasteiger partial charge in [0.25, 0.3) is 0 Å². The Balaban J connectivity index is 0.000000948. The van der Waals surface area contributed by atoms with E-state index >= 15 is 0 Å². The Hall–Kier alpha value is -2.14. The maximum Gasteiger partial charge on any atom is 0.133 e. The maximum absolute atomic E-state index is 4.90. The molecule has 0 saturated carbocycles. The molecule has 0 amide bonds. The molecule has 2 aromatic rings. The summed E-state index contributed by atoms with van der Waals surface area (Å²) in [6, 6.07) is 2.63. The summed E-state index contributed by atoms with van der Waals surface area (Å²) in [5.74, 6) is 0. The van der Waals surface area contributed by atoms with Crippen LogP contribution in [0.1, 0.15) is 50.7 Å². The van der Waals surface area contributed by atoms with Crippen LogP contribution in [-0.2, 0) is 0 Å². The molecule has 1 unspecified atom stereocenters. The number of likely N-dealkylation sites (tertiary alicyclic amines) is 1.